The van der Waals surface area contributed by atoms with Gasteiger partial charge in [0.05, 0.1) is 12.6 Å². The maximum atomic E-state index is 9.40. The van der Waals surface area contributed by atoms with Gasteiger partial charge in [0.15, 0.2) is 0 Å². The lowest BCUT2D eigenvalue weighted by Crippen LogP contribution is -2.22. The second kappa shape index (κ2) is 5.74. The second-order valence-electron chi connectivity index (χ2n) is 4.23. The van der Waals surface area contributed by atoms with E-state index in [1.807, 2.05) is 19.2 Å². The highest BCUT2D eigenvalue weighted by atomic mass is 35.5. The molecule has 0 saturated heterocycles. The average Bonchev–Trinajstić information content (AvgIpc) is 2.90. The van der Waals surface area contributed by atoms with E-state index in [1.54, 1.807) is 17.4 Å². The normalized spacial score (nSPS) is 12.4. The predicted octanol–water partition coefficient (Wildman–Crippen LogP) is 4.09. The number of aliphatic hydroxyl groups excluding tert-OH is 1. The molecular formula is C14H16ClNOS. The summed E-state index contributed by atoms with van der Waals surface area (Å²) in [6.07, 6.45) is 0. The van der Waals surface area contributed by atoms with Crippen molar-refractivity contribution >= 4 is 28.6 Å². The molecule has 0 amide bonds. The van der Waals surface area contributed by atoms with Crippen LogP contribution in [0.1, 0.15) is 23.4 Å². The fourth-order valence-corrected chi connectivity index (χ4v) is 2.92. The first kappa shape index (κ1) is 13.4. The molecule has 18 heavy (non-hydrogen) atoms. The van der Waals surface area contributed by atoms with Crippen LogP contribution >= 0.6 is 22.9 Å². The quantitative estimate of drug-likeness (QED) is 0.912. The van der Waals surface area contributed by atoms with Gasteiger partial charge in [-0.3, -0.25) is 0 Å². The molecule has 0 spiro atoms. The van der Waals surface area contributed by atoms with Crippen molar-refractivity contribution in [2.75, 3.05) is 11.9 Å². The maximum absolute atomic E-state index is 9.40. The third-order valence-electron chi connectivity index (χ3n) is 3.13. The van der Waals surface area contributed by atoms with Crippen LogP contribution in [0.15, 0.2) is 35.7 Å². The van der Waals surface area contributed by atoms with Gasteiger partial charge in [0.25, 0.3) is 0 Å². The zero-order valence-electron chi connectivity index (χ0n) is 10.4. The first-order valence-corrected chi connectivity index (χ1v) is 7.04. The molecule has 96 valence electrons. The fourth-order valence-electron chi connectivity index (χ4n) is 1.93. The molecule has 0 aliphatic heterocycles. The Hall–Kier alpha value is -1.03. The topological polar surface area (TPSA) is 23.5 Å². The van der Waals surface area contributed by atoms with E-state index in [9.17, 15) is 5.11 Å². The lowest BCUT2D eigenvalue weighted by atomic mass is 10.1. The fraction of sp³-hybridized carbons (Fsp3) is 0.286. The molecule has 1 aromatic heterocycles. The van der Waals surface area contributed by atoms with Gasteiger partial charge in [-0.15, -0.1) is 11.3 Å². The van der Waals surface area contributed by atoms with Crippen molar-refractivity contribution in [1.29, 1.82) is 0 Å². The molecule has 0 saturated carbocycles. The third kappa shape index (κ3) is 2.69. The van der Waals surface area contributed by atoms with Crippen molar-refractivity contribution in [3.8, 4) is 0 Å². The van der Waals surface area contributed by atoms with Crippen molar-refractivity contribution in [1.82, 2.24) is 0 Å². The summed E-state index contributed by atoms with van der Waals surface area (Å²) in [5, 5.41) is 12.2. The first-order valence-electron chi connectivity index (χ1n) is 5.79. The van der Waals surface area contributed by atoms with E-state index in [1.165, 1.54) is 4.88 Å². The van der Waals surface area contributed by atoms with Crippen LogP contribution in [-0.4, -0.2) is 12.2 Å². The number of anilines is 1. The molecular weight excluding hydrogens is 266 g/mol. The molecule has 2 rings (SSSR count). The van der Waals surface area contributed by atoms with Gasteiger partial charge in [0.1, 0.15) is 0 Å². The standard InChI is InChI=1S/C14H16ClNOS/c1-10(14-4-3-7-18-14)16(2)13-8-12(15)6-5-11(13)9-17/h3-8,10,17H,9H2,1-2H3. The second-order valence-corrected chi connectivity index (χ2v) is 5.65. The molecule has 1 atom stereocenters. The van der Waals surface area contributed by atoms with Gasteiger partial charge in [0.2, 0.25) is 0 Å². The SMILES string of the molecule is CC(c1cccs1)N(C)c1cc(Cl)ccc1CO. The number of hydrogen-bond donors (Lipinski definition) is 1. The molecule has 1 aromatic carbocycles. The smallest absolute Gasteiger partial charge is 0.0702 e. The largest absolute Gasteiger partial charge is 0.392 e. The van der Waals surface area contributed by atoms with Crippen LogP contribution in [0.5, 0.6) is 0 Å². The summed E-state index contributed by atoms with van der Waals surface area (Å²) in [5.74, 6) is 0. The Morgan fingerprint density at radius 2 is 2.17 bits per heavy atom. The number of hydrogen-bond acceptors (Lipinski definition) is 3. The minimum absolute atomic E-state index is 0.0218. The van der Waals surface area contributed by atoms with Crippen LogP contribution in [0.2, 0.25) is 5.02 Å². The van der Waals surface area contributed by atoms with Crippen LogP contribution in [0.3, 0.4) is 0 Å². The summed E-state index contributed by atoms with van der Waals surface area (Å²) >= 11 is 7.78. The van der Waals surface area contributed by atoms with Gasteiger partial charge in [-0.05, 0) is 30.5 Å². The Morgan fingerprint density at radius 3 is 2.78 bits per heavy atom. The van der Waals surface area contributed by atoms with Crippen LogP contribution in [0, 0.1) is 0 Å². The molecule has 0 bridgehead atoms. The van der Waals surface area contributed by atoms with E-state index in [0.29, 0.717) is 5.02 Å². The van der Waals surface area contributed by atoms with Gasteiger partial charge >= 0.3 is 0 Å². The van der Waals surface area contributed by atoms with Crippen LogP contribution < -0.4 is 4.90 Å². The highest BCUT2D eigenvalue weighted by molar-refractivity contribution is 7.10. The Kier molecular flexibility index (Phi) is 4.27. The zero-order chi connectivity index (χ0) is 13.1. The monoisotopic (exact) mass is 281 g/mol. The maximum Gasteiger partial charge on any atom is 0.0702 e. The first-order chi connectivity index (χ1) is 8.63. The van der Waals surface area contributed by atoms with E-state index < -0.39 is 0 Å². The number of nitrogens with zero attached hydrogens (tertiary/aromatic N) is 1. The summed E-state index contributed by atoms with van der Waals surface area (Å²) in [7, 11) is 2.02. The number of halogens is 1. The van der Waals surface area contributed by atoms with E-state index in [2.05, 4.69) is 29.3 Å². The number of benzene rings is 1. The van der Waals surface area contributed by atoms with Crippen molar-refractivity contribution in [3.63, 3.8) is 0 Å². The lowest BCUT2D eigenvalue weighted by Gasteiger charge is -2.28. The van der Waals surface area contributed by atoms with E-state index >= 15 is 0 Å². The van der Waals surface area contributed by atoms with Gasteiger partial charge in [-0.1, -0.05) is 23.7 Å². The lowest BCUT2D eigenvalue weighted by molar-refractivity contribution is 0.282. The van der Waals surface area contributed by atoms with E-state index in [0.717, 1.165) is 11.3 Å². The molecule has 0 radical (unpaired) electrons. The third-order valence-corrected chi connectivity index (χ3v) is 4.41. The molecule has 4 heteroatoms. The van der Waals surface area contributed by atoms with E-state index in [-0.39, 0.29) is 12.6 Å². The summed E-state index contributed by atoms with van der Waals surface area (Å²) in [4.78, 5) is 3.44. The Balaban J connectivity index is 2.33. The molecule has 0 aliphatic rings. The van der Waals surface area contributed by atoms with Crippen molar-refractivity contribution in [2.24, 2.45) is 0 Å². The van der Waals surface area contributed by atoms with E-state index in [4.69, 9.17) is 11.6 Å². The number of aliphatic hydroxyl groups is 1. The Morgan fingerprint density at radius 1 is 1.39 bits per heavy atom. The molecule has 1 N–H and O–H groups in total. The molecule has 0 fully saturated rings. The minimum atomic E-state index is 0.0218. The van der Waals surface area contributed by atoms with Gasteiger partial charge in [0, 0.05) is 28.2 Å². The van der Waals surface area contributed by atoms with Crippen molar-refractivity contribution in [2.45, 2.75) is 19.6 Å². The molecule has 2 aromatic rings. The Bertz CT molecular complexity index is 513. The zero-order valence-corrected chi connectivity index (χ0v) is 12.0. The summed E-state index contributed by atoms with van der Waals surface area (Å²) in [5.41, 5.74) is 1.87. The predicted molar refractivity (Wildman–Crippen MR) is 78.5 cm³/mol. The summed E-state index contributed by atoms with van der Waals surface area (Å²) in [6, 6.07) is 10.0. The minimum Gasteiger partial charge on any atom is -0.392 e. The van der Waals surface area contributed by atoms with Crippen LogP contribution in [-0.2, 0) is 6.61 Å². The summed E-state index contributed by atoms with van der Waals surface area (Å²) < 4.78 is 0. The van der Waals surface area contributed by atoms with Crippen LogP contribution in [0.4, 0.5) is 5.69 Å². The van der Waals surface area contributed by atoms with Crippen molar-refractivity contribution < 1.29 is 5.11 Å². The highest BCUT2D eigenvalue weighted by Gasteiger charge is 2.16. The highest BCUT2D eigenvalue weighted by Crippen LogP contribution is 2.32. The average molecular weight is 282 g/mol. The molecule has 2 nitrogen and oxygen atoms in total. The van der Waals surface area contributed by atoms with Gasteiger partial charge < -0.3 is 10.0 Å². The van der Waals surface area contributed by atoms with Crippen LogP contribution in [0.25, 0.3) is 0 Å². The van der Waals surface area contributed by atoms with Gasteiger partial charge in [-0.2, -0.15) is 0 Å². The molecule has 0 aliphatic carbocycles. The van der Waals surface area contributed by atoms with Gasteiger partial charge in [-0.25, -0.2) is 0 Å². The Labute approximate surface area is 116 Å². The van der Waals surface area contributed by atoms with Crippen molar-refractivity contribution in [3.05, 3.63) is 51.2 Å². The number of rotatable bonds is 4. The number of thiophene rings is 1. The summed E-state index contributed by atoms with van der Waals surface area (Å²) in [6.45, 7) is 2.17. The molecule has 1 unspecified atom stereocenters. The molecule has 1 heterocycles.